The van der Waals surface area contributed by atoms with Crippen LogP contribution in [0.5, 0.6) is 0 Å². The van der Waals surface area contributed by atoms with Crippen molar-refractivity contribution in [2.24, 2.45) is 5.92 Å². The van der Waals surface area contributed by atoms with Gasteiger partial charge < -0.3 is 0 Å². The third-order valence-electron chi connectivity index (χ3n) is 7.34. The van der Waals surface area contributed by atoms with Crippen molar-refractivity contribution in [3.63, 3.8) is 0 Å². The molecule has 0 bridgehead atoms. The zero-order valence-electron chi connectivity index (χ0n) is 23.7. The monoisotopic (exact) mass is 617 g/mol. The van der Waals surface area contributed by atoms with E-state index in [0.717, 1.165) is 46.5 Å². The summed E-state index contributed by atoms with van der Waals surface area (Å²) in [4.78, 5) is 56.2. The molecule has 12 heteroatoms. The molecule has 0 N–H and O–H groups in total. The molecule has 5 rings (SSSR count). The number of nitrogens with zero attached hydrogens (tertiary/aromatic N) is 3. The summed E-state index contributed by atoms with van der Waals surface area (Å²) in [6.07, 6.45) is 1.07. The number of anilines is 1. The van der Waals surface area contributed by atoms with E-state index in [1.54, 1.807) is 36.4 Å². The third-order valence-corrected chi connectivity index (χ3v) is 10.6. The van der Waals surface area contributed by atoms with Gasteiger partial charge in [-0.25, -0.2) is 13.4 Å². The SMILES string of the molecule is Cc1ccc(C(=O)C2C(=O)C(=O)N(c3ncc(S(=O)(=O)c4ccc([N+](=O)[O-])cc4)s3)C2c2ccc(C(C)(C)C)cc2)cc1. The highest BCUT2D eigenvalue weighted by Gasteiger charge is 2.53. The molecular weight excluding hydrogens is 590 g/mol. The van der Waals surface area contributed by atoms with Crippen molar-refractivity contribution in [1.82, 2.24) is 4.98 Å². The molecule has 0 saturated carbocycles. The first kappa shape index (κ1) is 29.9. The van der Waals surface area contributed by atoms with E-state index in [2.05, 4.69) is 4.98 Å². The number of aromatic nitrogens is 1. The number of Topliss-reactive ketones (excluding diaryl/α,β-unsaturated/α-hetero) is 2. The summed E-state index contributed by atoms with van der Waals surface area (Å²) in [6, 6.07) is 17.3. The molecule has 1 fully saturated rings. The van der Waals surface area contributed by atoms with Crippen molar-refractivity contribution >= 4 is 49.5 Å². The summed E-state index contributed by atoms with van der Waals surface area (Å²) in [5.74, 6) is -3.79. The van der Waals surface area contributed by atoms with Crippen molar-refractivity contribution in [1.29, 1.82) is 0 Å². The van der Waals surface area contributed by atoms with Gasteiger partial charge in [-0.15, -0.1) is 0 Å². The standard InChI is InChI=1S/C31H27N3O7S2/c1-18-5-7-20(8-6-18)27(35)25-26(19-9-11-21(12-10-19)31(2,3)4)33(29(37)28(25)36)30-32-17-24(42-30)43(40,41)23-15-13-22(14-16-23)34(38)39/h5-17,25-26H,1-4H3. The molecule has 2 unspecified atom stereocenters. The Balaban J connectivity index is 1.59. The fourth-order valence-corrected chi connectivity index (χ4v) is 7.46. The van der Waals surface area contributed by atoms with Crippen LogP contribution < -0.4 is 4.90 Å². The van der Waals surface area contributed by atoms with Gasteiger partial charge in [0.1, 0.15) is 10.1 Å². The number of non-ortho nitro benzene ring substituents is 1. The van der Waals surface area contributed by atoms with Crippen molar-refractivity contribution < 1.29 is 27.7 Å². The van der Waals surface area contributed by atoms with Crippen LogP contribution in [0.15, 0.2) is 88.1 Å². The van der Waals surface area contributed by atoms with Crippen molar-refractivity contribution in [2.45, 2.75) is 48.3 Å². The van der Waals surface area contributed by atoms with E-state index in [-0.39, 0.29) is 30.9 Å². The number of carbonyl (C=O) groups is 3. The van der Waals surface area contributed by atoms with Gasteiger partial charge in [0, 0.05) is 17.7 Å². The number of rotatable bonds is 7. The summed E-state index contributed by atoms with van der Waals surface area (Å²) < 4.78 is 26.4. The van der Waals surface area contributed by atoms with E-state index in [9.17, 15) is 32.9 Å². The molecule has 43 heavy (non-hydrogen) atoms. The van der Waals surface area contributed by atoms with E-state index in [4.69, 9.17) is 0 Å². The molecule has 0 spiro atoms. The number of hydrogen-bond acceptors (Lipinski definition) is 9. The second-order valence-electron chi connectivity index (χ2n) is 11.3. The van der Waals surface area contributed by atoms with Crippen molar-refractivity contribution in [3.05, 3.63) is 111 Å². The van der Waals surface area contributed by atoms with Crippen LogP contribution in [-0.2, 0) is 24.8 Å². The number of carbonyl (C=O) groups excluding carboxylic acids is 3. The molecule has 3 aromatic carbocycles. The summed E-state index contributed by atoms with van der Waals surface area (Å²) in [5.41, 5.74) is 2.28. The lowest BCUT2D eigenvalue weighted by atomic mass is 9.83. The lowest BCUT2D eigenvalue weighted by Gasteiger charge is -2.26. The molecule has 2 atom stereocenters. The van der Waals surface area contributed by atoms with Gasteiger partial charge in [0.05, 0.1) is 22.1 Å². The quantitative estimate of drug-likeness (QED) is 0.0851. The molecule has 4 aromatic rings. The van der Waals surface area contributed by atoms with Crippen LogP contribution in [0.25, 0.3) is 0 Å². The normalized spacial score (nSPS) is 17.3. The topological polar surface area (TPSA) is 145 Å². The molecule has 0 radical (unpaired) electrons. The number of hydrogen-bond donors (Lipinski definition) is 0. The van der Waals surface area contributed by atoms with Crippen molar-refractivity contribution in [3.8, 4) is 0 Å². The minimum absolute atomic E-state index is 0.0667. The number of amides is 1. The zero-order chi connectivity index (χ0) is 31.3. The Morgan fingerprint density at radius 3 is 2.12 bits per heavy atom. The summed E-state index contributed by atoms with van der Waals surface area (Å²) >= 11 is 0.674. The largest absolute Gasteiger partial charge is 0.297 e. The van der Waals surface area contributed by atoms with Crippen molar-refractivity contribution in [2.75, 3.05) is 4.90 Å². The number of aryl methyl sites for hydroxylation is 1. The van der Waals surface area contributed by atoms with Gasteiger partial charge in [-0.05, 0) is 35.6 Å². The van der Waals surface area contributed by atoms with Gasteiger partial charge >= 0.3 is 0 Å². The van der Waals surface area contributed by atoms with Gasteiger partial charge in [0.2, 0.25) is 15.6 Å². The first-order chi connectivity index (χ1) is 20.2. The number of benzene rings is 3. The highest BCUT2D eigenvalue weighted by atomic mass is 32.2. The van der Waals surface area contributed by atoms with E-state index < -0.39 is 44.2 Å². The van der Waals surface area contributed by atoms with Crippen LogP contribution >= 0.6 is 11.3 Å². The molecule has 0 aliphatic carbocycles. The van der Waals surface area contributed by atoms with Gasteiger partial charge in [0.25, 0.3) is 11.6 Å². The number of ketones is 2. The van der Waals surface area contributed by atoms with Gasteiger partial charge in [-0.1, -0.05) is 86.2 Å². The van der Waals surface area contributed by atoms with E-state index in [1.807, 2.05) is 39.8 Å². The van der Waals surface area contributed by atoms with Crippen LogP contribution in [0.3, 0.4) is 0 Å². The molecule has 1 aliphatic rings. The number of sulfone groups is 1. The maximum absolute atomic E-state index is 13.8. The molecule has 1 saturated heterocycles. The maximum Gasteiger partial charge on any atom is 0.297 e. The Bertz CT molecular complexity index is 1860. The first-order valence-corrected chi connectivity index (χ1v) is 15.5. The third kappa shape index (κ3) is 5.51. The Morgan fingerprint density at radius 2 is 1.56 bits per heavy atom. The smallest absolute Gasteiger partial charge is 0.293 e. The summed E-state index contributed by atoms with van der Waals surface area (Å²) in [5, 5.41) is 10.9. The molecule has 1 amide bonds. The van der Waals surface area contributed by atoms with E-state index >= 15 is 0 Å². The Hall–Kier alpha value is -4.55. The number of nitro benzene ring substituents is 1. The fraction of sp³-hybridized carbons (Fsp3) is 0.226. The van der Waals surface area contributed by atoms with Crippen LogP contribution in [0, 0.1) is 23.0 Å². The van der Waals surface area contributed by atoms with E-state index in [0.29, 0.717) is 16.9 Å². The average Bonchev–Trinajstić information content (AvgIpc) is 3.56. The second-order valence-corrected chi connectivity index (χ2v) is 14.5. The van der Waals surface area contributed by atoms with E-state index in [1.165, 1.54) is 0 Å². The van der Waals surface area contributed by atoms with Gasteiger partial charge in [-0.3, -0.25) is 29.4 Å². The maximum atomic E-state index is 13.8. The average molecular weight is 618 g/mol. The predicted octanol–water partition coefficient (Wildman–Crippen LogP) is 5.65. The molecule has 220 valence electrons. The minimum Gasteiger partial charge on any atom is -0.293 e. The highest BCUT2D eigenvalue weighted by Crippen LogP contribution is 2.44. The van der Waals surface area contributed by atoms with Crippen LogP contribution in [0.1, 0.15) is 53.9 Å². The molecular formula is C31H27N3O7S2. The first-order valence-electron chi connectivity index (χ1n) is 13.2. The van der Waals surface area contributed by atoms with Gasteiger partial charge in [-0.2, -0.15) is 0 Å². The Kier molecular flexibility index (Phi) is 7.61. The molecule has 2 heterocycles. The minimum atomic E-state index is -4.16. The highest BCUT2D eigenvalue weighted by molar-refractivity contribution is 7.93. The Morgan fingerprint density at radius 1 is 0.953 bits per heavy atom. The van der Waals surface area contributed by atoms with Crippen LogP contribution in [0.4, 0.5) is 10.8 Å². The molecule has 1 aliphatic heterocycles. The van der Waals surface area contributed by atoms with Gasteiger partial charge in [0.15, 0.2) is 10.9 Å². The predicted molar refractivity (Wildman–Crippen MR) is 160 cm³/mol. The van der Waals surface area contributed by atoms with Crippen LogP contribution in [0.2, 0.25) is 0 Å². The summed E-state index contributed by atoms with van der Waals surface area (Å²) in [7, 11) is -4.16. The lowest BCUT2D eigenvalue weighted by molar-refractivity contribution is -0.384. The fourth-order valence-electron chi connectivity index (χ4n) is 4.91. The summed E-state index contributed by atoms with van der Waals surface area (Å²) in [6.45, 7) is 8.00. The molecule has 1 aromatic heterocycles. The number of thiazole rings is 1. The second kappa shape index (κ2) is 10.9. The van der Waals surface area contributed by atoms with Crippen LogP contribution in [-0.4, -0.2) is 35.8 Å². The number of nitro groups is 1. The Labute approximate surface area is 252 Å². The molecule has 10 nitrogen and oxygen atoms in total. The zero-order valence-corrected chi connectivity index (χ0v) is 25.3. The lowest BCUT2D eigenvalue weighted by Crippen LogP contribution is -2.30.